The van der Waals surface area contributed by atoms with Crippen molar-refractivity contribution in [3.8, 4) is 0 Å². The van der Waals surface area contributed by atoms with Crippen LogP contribution in [0.5, 0.6) is 0 Å². The summed E-state index contributed by atoms with van der Waals surface area (Å²) in [4.78, 5) is 22.4. The summed E-state index contributed by atoms with van der Waals surface area (Å²) in [6, 6.07) is 0. The number of hydrogen-bond donors (Lipinski definition) is 0. The first-order valence-electron chi connectivity index (χ1n) is 4.45. The number of carbonyl (C=O) groups is 2. The molecule has 0 bridgehead atoms. The van der Waals surface area contributed by atoms with Gasteiger partial charge in [-0.25, -0.2) is 0 Å². The highest BCUT2D eigenvalue weighted by Gasteiger charge is 2.35. The zero-order chi connectivity index (χ0) is 9.35. The molecular weight excluding hydrogens is 152 g/mol. The summed E-state index contributed by atoms with van der Waals surface area (Å²) in [6.45, 7) is 6.18. The van der Waals surface area contributed by atoms with Gasteiger partial charge in [-0.2, -0.15) is 0 Å². The van der Waals surface area contributed by atoms with Crippen LogP contribution in [-0.2, 0) is 9.59 Å². The van der Waals surface area contributed by atoms with Crippen molar-refractivity contribution in [1.82, 2.24) is 0 Å². The molecule has 0 N–H and O–H groups in total. The lowest BCUT2D eigenvalue weighted by Gasteiger charge is -2.31. The molecule has 0 aromatic carbocycles. The summed E-state index contributed by atoms with van der Waals surface area (Å²) < 4.78 is 0. The van der Waals surface area contributed by atoms with E-state index in [1.807, 2.05) is 0 Å². The Hall–Kier alpha value is -0.660. The van der Waals surface area contributed by atoms with Crippen molar-refractivity contribution < 1.29 is 9.59 Å². The quantitative estimate of drug-likeness (QED) is 0.518. The second-order valence-corrected chi connectivity index (χ2v) is 4.64. The number of hydrogen-bond acceptors (Lipinski definition) is 2. The summed E-state index contributed by atoms with van der Waals surface area (Å²) in [5.41, 5.74) is 0.0256. The Morgan fingerprint density at radius 2 is 1.83 bits per heavy atom. The zero-order valence-electron chi connectivity index (χ0n) is 8.02. The van der Waals surface area contributed by atoms with Crippen molar-refractivity contribution in [2.24, 2.45) is 11.3 Å². The molecule has 1 saturated carbocycles. The van der Waals surface area contributed by atoms with E-state index in [4.69, 9.17) is 0 Å². The highest BCUT2D eigenvalue weighted by Crippen LogP contribution is 2.34. The Morgan fingerprint density at radius 3 is 2.25 bits per heavy atom. The van der Waals surface area contributed by atoms with Crippen LogP contribution in [0.1, 0.15) is 40.0 Å². The molecule has 1 fully saturated rings. The molecule has 2 heteroatoms. The van der Waals surface area contributed by atoms with Crippen molar-refractivity contribution in [3.63, 3.8) is 0 Å². The Balaban J connectivity index is 2.69. The van der Waals surface area contributed by atoms with Crippen LogP contribution in [0.15, 0.2) is 0 Å². The predicted molar refractivity (Wildman–Crippen MR) is 46.8 cm³/mol. The highest BCUT2D eigenvalue weighted by atomic mass is 16.1. The number of ketones is 2. The molecule has 0 spiro atoms. The minimum Gasteiger partial charge on any atom is -0.299 e. The van der Waals surface area contributed by atoms with Crippen LogP contribution in [0.25, 0.3) is 0 Å². The maximum atomic E-state index is 11.4. The van der Waals surface area contributed by atoms with E-state index in [-0.39, 0.29) is 29.3 Å². The lowest BCUT2D eigenvalue weighted by atomic mass is 9.71. The Kier molecular flexibility index (Phi) is 2.36. The van der Waals surface area contributed by atoms with Gasteiger partial charge in [0.25, 0.3) is 0 Å². The Morgan fingerprint density at radius 1 is 1.25 bits per heavy atom. The van der Waals surface area contributed by atoms with E-state index < -0.39 is 0 Å². The molecule has 0 aromatic rings. The van der Waals surface area contributed by atoms with Crippen molar-refractivity contribution in [1.29, 1.82) is 0 Å². The largest absolute Gasteiger partial charge is 0.299 e. The summed E-state index contributed by atoms with van der Waals surface area (Å²) >= 11 is 0. The van der Waals surface area contributed by atoms with E-state index in [1.54, 1.807) is 0 Å². The van der Waals surface area contributed by atoms with Gasteiger partial charge in [0.2, 0.25) is 0 Å². The second-order valence-electron chi connectivity index (χ2n) is 4.64. The van der Waals surface area contributed by atoms with Gasteiger partial charge in [0.1, 0.15) is 11.6 Å². The van der Waals surface area contributed by atoms with E-state index in [0.717, 1.165) is 6.42 Å². The van der Waals surface area contributed by atoms with E-state index in [1.165, 1.54) is 0 Å². The highest BCUT2D eigenvalue weighted by molar-refractivity contribution is 6.02. The monoisotopic (exact) mass is 168 g/mol. The van der Waals surface area contributed by atoms with Crippen LogP contribution in [0, 0.1) is 11.3 Å². The first-order chi connectivity index (χ1) is 5.41. The van der Waals surface area contributed by atoms with Gasteiger partial charge < -0.3 is 0 Å². The van der Waals surface area contributed by atoms with Gasteiger partial charge in [0.05, 0.1) is 6.42 Å². The molecule has 1 aliphatic rings. The van der Waals surface area contributed by atoms with Gasteiger partial charge in [0, 0.05) is 12.3 Å². The van der Waals surface area contributed by atoms with Crippen molar-refractivity contribution >= 4 is 11.6 Å². The van der Waals surface area contributed by atoms with Crippen LogP contribution >= 0.6 is 0 Å². The van der Waals surface area contributed by atoms with Crippen LogP contribution in [0.2, 0.25) is 0 Å². The van der Waals surface area contributed by atoms with Crippen LogP contribution < -0.4 is 0 Å². The molecule has 0 radical (unpaired) electrons. The topological polar surface area (TPSA) is 34.1 Å². The van der Waals surface area contributed by atoms with Crippen molar-refractivity contribution in [3.05, 3.63) is 0 Å². The molecule has 0 heterocycles. The lowest BCUT2D eigenvalue weighted by molar-refractivity contribution is -0.135. The van der Waals surface area contributed by atoms with Gasteiger partial charge >= 0.3 is 0 Å². The fourth-order valence-corrected chi connectivity index (χ4v) is 1.79. The molecule has 1 unspecified atom stereocenters. The van der Waals surface area contributed by atoms with E-state index in [2.05, 4.69) is 20.8 Å². The summed E-state index contributed by atoms with van der Waals surface area (Å²) in [6.07, 6.45) is 1.51. The number of rotatable bonds is 0. The van der Waals surface area contributed by atoms with Gasteiger partial charge in [-0.3, -0.25) is 9.59 Å². The smallest absolute Gasteiger partial charge is 0.143 e. The third-order valence-electron chi connectivity index (χ3n) is 2.52. The van der Waals surface area contributed by atoms with Crippen molar-refractivity contribution in [2.75, 3.05) is 0 Å². The van der Waals surface area contributed by atoms with E-state index in [9.17, 15) is 9.59 Å². The normalized spacial score (nSPS) is 26.1. The van der Waals surface area contributed by atoms with Crippen LogP contribution in [0.4, 0.5) is 0 Å². The third-order valence-corrected chi connectivity index (χ3v) is 2.52. The third kappa shape index (κ3) is 1.93. The first-order valence-corrected chi connectivity index (χ1v) is 4.45. The van der Waals surface area contributed by atoms with Gasteiger partial charge in [0.15, 0.2) is 0 Å². The molecule has 68 valence electrons. The van der Waals surface area contributed by atoms with E-state index >= 15 is 0 Å². The molecule has 0 amide bonds. The minimum atomic E-state index is 0.0256. The second kappa shape index (κ2) is 3.00. The first kappa shape index (κ1) is 9.43. The molecule has 1 aliphatic carbocycles. The zero-order valence-corrected chi connectivity index (χ0v) is 8.02. The summed E-state index contributed by atoms with van der Waals surface area (Å²) in [5, 5.41) is 0. The van der Waals surface area contributed by atoms with Crippen LogP contribution in [0.3, 0.4) is 0 Å². The fraction of sp³-hybridized carbons (Fsp3) is 0.800. The average molecular weight is 168 g/mol. The van der Waals surface area contributed by atoms with Crippen LogP contribution in [-0.4, -0.2) is 11.6 Å². The number of carbonyl (C=O) groups excluding carboxylic acids is 2. The molecule has 1 atom stereocenters. The maximum absolute atomic E-state index is 11.4. The summed E-state index contributed by atoms with van der Waals surface area (Å²) in [7, 11) is 0. The standard InChI is InChI=1S/C10H16O2/c1-10(2,3)8-5-4-7(11)6-9(8)12/h8H,4-6H2,1-3H3. The molecule has 1 rings (SSSR count). The Labute approximate surface area is 73.3 Å². The van der Waals surface area contributed by atoms with Gasteiger partial charge in [-0.15, -0.1) is 0 Å². The maximum Gasteiger partial charge on any atom is 0.143 e. The SMILES string of the molecule is CC(C)(C)C1CCC(=O)CC1=O. The predicted octanol–water partition coefficient (Wildman–Crippen LogP) is 1.97. The number of Topliss-reactive ketones (excluding diaryl/α,β-unsaturated/α-hetero) is 2. The molecule has 0 aliphatic heterocycles. The fourth-order valence-electron chi connectivity index (χ4n) is 1.79. The van der Waals surface area contributed by atoms with Gasteiger partial charge in [-0.1, -0.05) is 20.8 Å². The van der Waals surface area contributed by atoms with Crippen molar-refractivity contribution in [2.45, 2.75) is 40.0 Å². The molecular formula is C10H16O2. The molecule has 0 aromatic heterocycles. The summed E-state index contributed by atoms with van der Waals surface area (Å²) in [5.74, 6) is 0.342. The average Bonchev–Trinajstić information content (AvgIpc) is 1.83. The molecule has 12 heavy (non-hydrogen) atoms. The van der Waals surface area contributed by atoms with Gasteiger partial charge in [-0.05, 0) is 11.8 Å². The minimum absolute atomic E-state index is 0.0256. The Bertz CT molecular complexity index is 210. The lowest BCUT2D eigenvalue weighted by Crippen LogP contribution is -2.34. The molecule has 2 nitrogen and oxygen atoms in total. The molecule has 0 saturated heterocycles. The van der Waals surface area contributed by atoms with E-state index in [0.29, 0.717) is 6.42 Å².